The highest BCUT2D eigenvalue weighted by atomic mass is 19.4. The van der Waals surface area contributed by atoms with Crippen LogP contribution < -0.4 is 21.6 Å². The summed E-state index contributed by atoms with van der Waals surface area (Å²) >= 11 is 0. The number of alkyl carbamates (subject to hydrolysis) is 1. The first-order valence-corrected chi connectivity index (χ1v) is 12.5. The lowest BCUT2D eigenvalue weighted by atomic mass is 10.0. The van der Waals surface area contributed by atoms with Gasteiger partial charge in [-0.2, -0.15) is 13.2 Å². The predicted molar refractivity (Wildman–Crippen MR) is 143 cm³/mol. The summed E-state index contributed by atoms with van der Waals surface area (Å²) in [6, 6.07) is 8.39. The van der Waals surface area contributed by atoms with Gasteiger partial charge in [-0.15, -0.1) is 0 Å². The number of carbonyl (C=O) groups excluding carboxylic acids is 2. The van der Waals surface area contributed by atoms with Crippen molar-refractivity contribution in [1.29, 1.82) is 0 Å². The van der Waals surface area contributed by atoms with Crippen LogP contribution in [0.4, 0.5) is 18.0 Å². The number of hydrogen-bond acceptors (Lipinski definition) is 6. The van der Waals surface area contributed by atoms with Crippen LogP contribution in [-0.2, 0) is 41.8 Å². The highest BCUT2D eigenvalue weighted by Gasteiger charge is 2.31. The minimum absolute atomic E-state index is 0.108. The molecule has 0 bridgehead atoms. The van der Waals surface area contributed by atoms with Gasteiger partial charge in [0.25, 0.3) is 5.56 Å². The van der Waals surface area contributed by atoms with E-state index in [2.05, 4.69) is 21.0 Å². The molecular weight excluding hydrogens is 527 g/mol. The number of amides is 2. The lowest BCUT2D eigenvalue weighted by molar-refractivity contribution is -0.137. The van der Waals surface area contributed by atoms with Crippen LogP contribution in [0.2, 0.25) is 0 Å². The molecule has 0 aliphatic heterocycles. The standard InChI is InChI=1S/C28H32F3N5O4/c1-18-9-11-36(35-15-19-6-5-10-32-14-19)25(38)23(18)13-24(37)33-17-21-12-22(28(29,30)31)8-7-20(21)16-34-26(39)40-27(2,3)4/h5-12,14,35H,13,15-17H2,1-4H3,(H,33,37)(H,34,39). The van der Waals surface area contributed by atoms with E-state index < -0.39 is 34.9 Å². The Bertz CT molecular complexity index is 1400. The monoisotopic (exact) mass is 559 g/mol. The Morgan fingerprint density at radius 2 is 1.73 bits per heavy atom. The maximum Gasteiger partial charge on any atom is 0.416 e. The summed E-state index contributed by atoms with van der Waals surface area (Å²) in [6.45, 7) is 6.74. The second-order valence-corrected chi connectivity index (χ2v) is 10.1. The number of pyridine rings is 2. The normalized spacial score (nSPS) is 11.6. The van der Waals surface area contributed by atoms with E-state index in [-0.39, 0.29) is 30.6 Å². The minimum atomic E-state index is -4.59. The Morgan fingerprint density at radius 3 is 2.38 bits per heavy atom. The zero-order valence-electron chi connectivity index (χ0n) is 22.7. The highest BCUT2D eigenvalue weighted by Crippen LogP contribution is 2.30. The summed E-state index contributed by atoms with van der Waals surface area (Å²) in [5, 5.41) is 5.11. The van der Waals surface area contributed by atoms with E-state index in [1.807, 2.05) is 6.07 Å². The molecule has 1 aromatic carbocycles. The van der Waals surface area contributed by atoms with E-state index in [1.165, 1.54) is 10.7 Å². The molecule has 3 aromatic rings. The topological polar surface area (TPSA) is 114 Å². The third-order valence-electron chi connectivity index (χ3n) is 5.77. The summed E-state index contributed by atoms with van der Waals surface area (Å²) in [5.74, 6) is -0.548. The van der Waals surface area contributed by atoms with Crippen molar-refractivity contribution < 1.29 is 27.5 Å². The number of ether oxygens (including phenoxy) is 1. The first-order valence-electron chi connectivity index (χ1n) is 12.5. The van der Waals surface area contributed by atoms with Crippen LogP contribution in [0.1, 0.15) is 54.2 Å². The van der Waals surface area contributed by atoms with Crippen LogP contribution in [0, 0.1) is 6.92 Å². The molecule has 2 heterocycles. The predicted octanol–water partition coefficient (Wildman–Crippen LogP) is 4.20. The zero-order valence-corrected chi connectivity index (χ0v) is 22.7. The number of aryl methyl sites for hydroxylation is 1. The minimum Gasteiger partial charge on any atom is -0.444 e. The molecule has 0 saturated carbocycles. The Morgan fingerprint density at radius 1 is 1.00 bits per heavy atom. The van der Waals surface area contributed by atoms with Crippen molar-refractivity contribution >= 4 is 12.0 Å². The maximum atomic E-state index is 13.4. The highest BCUT2D eigenvalue weighted by molar-refractivity contribution is 5.78. The second kappa shape index (κ2) is 12.7. The number of aromatic nitrogens is 2. The van der Waals surface area contributed by atoms with Gasteiger partial charge in [-0.1, -0.05) is 12.1 Å². The molecule has 0 radical (unpaired) electrons. The van der Waals surface area contributed by atoms with Gasteiger partial charge in [0, 0.05) is 37.2 Å². The van der Waals surface area contributed by atoms with Crippen molar-refractivity contribution in [3.05, 3.63) is 98.7 Å². The van der Waals surface area contributed by atoms with E-state index in [1.54, 1.807) is 58.4 Å². The quantitative estimate of drug-likeness (QED) is 0.362. The SMILES string of the molecule is Cc1ccn(NCc2cccnc2)c(=O)c1CC(=O)NCc1cc(C(F)(F)F)ccc1CNC(=O)OC(C)(C)C. The second-order valence-electron chi connectivity index (χ2n) is 10.1. The molecule has 2 amide bonds. The van der Waals surface area contributed by atoms with Gasteiger partial charge in [-0.05, 0) is 74.2 Å². The average Bonchev–Trinajstić information content (AvgIpc) is 2.87. The molecule has 0 aliphatic rings. The smallest absolute Gasteiger partial charge is 0.416 e. The van der Waals surface area contributed by atoms with E-state index >= 15 is 0 Å². The summed E-state index contributed by atoms with van der Waals surface area (Å²) < 4.78 is 46.5. The fourth-order valence-corrected chi connectivity index (χ4v) is 3.73. The van der Waals surface area contributed by atoms with Crippen molar-refractivity contribution in [2.45, 2.75) is 65.5 Å². The molecule has 40 heavy (non-hydrogen) atoms. The first-order chi connectivity index (χ1) is 18.7. The maximum absolute atomic E-state index is 13.4. The number of halogens is 3. The Labute approximate surface area is 229 Å². The average molecular weight is 560 g/mol. The van der Waals surface area contributed by atoms with Crippen molar-refractivity contribution in [3.63, 3.8) is 0 Å². The number of hydrogen-bond donors (Lipinski definition) is 3. The number of nitrogens with zero attached hydrogens (tertiary/aromatic N) is 2. The first kappa shape index (κ1) is 30.2. The third-order valence-corrected chi connectivity index (χ3v) is 5.77. The molecule has 214 valence electrons. The molecule has 3 rings (SSSR count). The van der Waals surface area contributed by atoms with Crippen LogP contribution in [-0.4, -0.2) is 27.3 Å². The van der Waals surface area contributed by atoms with E-state index in [0.29, 0.717) is 17.7 Å². The summed E-state index contributed by atoms with van der Waals surface area (Å²) in [7, 11) is 0. The van der Waals surface area contributed by atoms with Gasteiger partial charge in [0.05, 0.1) is 18.5 Å². The van der Waals surface area contributed by atoms with Crippen molar-refractivity contribution in [1.82, 2.24) is 20.3 Å². The molecule has 0 spiro atoms. The Kier molecular flexibility index (Phi) is 9.56. The number of carbonyl (C=O) groups is 2. The summed E-state index contributed by atoms with van der Waals surface area (Å²) in [5.41, 5.74) is 3.16. The number of rotatable bonds is 9. The van der Waals surface area contributed by atoms with Gasteiger partial charge < -0.3 is 20.8 Å². The van der Waals surface area contributed by atoms with Crippen LogP contribution >= 0.6 is 0 Å². The Balaban J connectivity index is 1.71. The van der Waals surface area contributed by atoms with Crippen molar-refractivity contribution in [2.75, 3.05) is 5.43 Å². The van der Waals surface area contributed by atoms with Gasteiger partial charge in [0.1, 0.15) is 5.60 Å². The van der Waals surface area contributed by atoms with Crippen LogP contribution in [0.25, 0.3) is 0 Å². The number of nitrogens with one attached hydrogen (secondary N) is 3. The molecule has 0 aliphatic carbocycles. The van der Waals surface area contributed by atoms with Gasteiger partial charge in [-0.25, -0.2) is 9.47 Å². The van der Waals surface area contributed by atoms with Gasteiger partial charge in [-0.3, -0.25) is 14.6 Å². The van der Waals surface area contributed by atoms with E-state index in [0.717, 1.165) is 17.7 Å². The van der Waals surface area contributed by atoms with E-state index in [4.69, 9.17) is 4.74 Å². The fourth-order valence-electron chi connectivity index (χ4n) is 3.73. The molecular formula is C28H32F3N5O4. The Hall–Kier alpha value is -4.35. The van der Waals surface area contributed by atoms with Crippen LogP contribution in [0.5, 0.6) is 0 Å². The van der Waals surface area contributed by atoms with Gasteiger partial charge >= 0.3 is 12.3 Å². The lowest BCUT2D eigenvalue weighted by Crippen LogP contribution is -2.34. The van der Waals surface area contributed by atoms with Crippen molar-refractivity contribution in [2.24, 2.45) is 0 Å². The molecule has 2 aromatic heterocycles. The van der Waals surface area contributed by atoms with Gasteiger partial charge in [0.2, 0.25) is 5.91 Å². The molecule has 0 atom stereocenters. The molecule has 3 N–H and O–H groups in total. The number of benzene rings is 1. The fraction of sp³-hybridized carbons (Fsp3) is 0.357. The third kappa shape index (κ3) is 8.85. The van der Waals surface area contributed by atoms with Crippen LogP contribution in [0.3, 0.4) is 0 Å². The van der Waals surface area contributed by atoms with E-state index in [9.17, 15) is 27.6 Å². The number of alkyl halides is 3. The molecule has 0 fully saturated rings. The lowest BCUT2D eigenvalue weighted by Gasteiger charge is -2.20. The largest absolute Gasteiger partial charge is 0.444 e. The summed E-state index contributed by atoms with van der Waals surface area (Å²) in [6.07, 6.45) is -0.739. The molecule has 12 heteroatoms. The molecule has 0 unspecified atom stereocenters. The van der Waals surface area contributed by atoms with Crippen molar-refractivity contribution in [3.8, 4) is 0 Å². The molecule has 0 saturated heterocycles. The van der Waals surface area contributed by atoms with Gasteiger partial charge in [0.15, 0.2) is 0 Å². The molecule has 9 nitrogen and oxygen atoms in total. The zero-order chi connectivity index (χ0) is 29.5. The summed E-state index contributed by atoms with van der Waals surface area (Å²) in [4.78, 5) is 41.9. The van der Waals surface area contributed by atoms with Crippen LogP contribution in [0.15, 0.2) is 59.8 Å².